The summed E-state index contributed by atoms with van der Waals surface area (Å²) in [5.41, 5.74) is 12.0. The molecule has 0 aliphatic heterocycles. The summed E-state index contributed by atoms with van der Waals surface area (Å²) in [6.07, 6.45) is 8.45. The molecule has 0 unspecified atom stereocenters. The van der Waals surface area contributed by atoms with Crippen molar-refractivity contribution in [1.82, 2.24) is 9.78 Å². The van der Waals surface area contributed by atoms with Crippen molar-refractivity contribution in [2.75, 3.05) is 12.3 Å². The first kappa shape index (κ1) is 9.52. The minimum absolute atomic E-state index is 0.537. The summed E-state index contributed by atoms with van der Waals surface area (Å²) in [6, 6.07) is 0.537. The van der Waals surface area contributed by atoms with E-state index in [9.17, 15) is 0 Å². The second-order valence-electron chi connectivity index (χ2n) is 4.16. The maximum Gasteiger partial charge on any atom is 0.0719 e. The summed E-state index contributed by atoms with van der Waals surface area (Å²) in [5.74, 6) is 0.721. The highest BCUT2D eigenvalue weighted by Gasteiger charge is 2.21. The molecule has 1 fully saturated rings. The molecule has 0 saturated heterocycles. The van der Waals surface area contributed by atoms with Crippen molar-refractivity contribution < 1.29 is 0 Å². The molecule has 78 valence electrons. The van der Waals surface area contributed by atoms with Crippen LogP contribution in [0.3, 0.4) is 0 Å². The lowest BCUT2D eigenvalue weighted by Crippen LogP contribution is -2.23. The molecule has 1 aliphatic rings. The molecule has 1 saturated carbocycles. The van der Waals surface area contributed by atoms with E-state index in [2.05, 4.69) is 5.10 Å². The van der Waals surface area contributed by atoms with Gasteiger partial charge >= 0.3 is 0 Å². The Hall–Kier alpha value is -1.03. The quantitative estimate of drug-likeness (QED) is 0.742. The van der Waals surface area contributed by atoms with Crippen LogP contribution >= 0.6 is 0 Å². The van der Waals surface area contributed by atoms with Gasteiger partial charge < -0.3 is 11.5 Å². The fraction of sp³-hybridized carbons (Fsp3) is 0.700. The predicted molar refractivity (Wildman–Crippen MR) is 56.7 cm³/mol. The fourth-order valence-corrected chi connectivity index (χ4v) is 2.20. The van der Waals surface area contributed by atoms with Gasteiger partial charge in [0.25, 0.3) is 0 Å². The van der Waals surface area contributed by atoms with Gasteiger partial charge in [-0.3, -0.25) is 4.68 Å². The molecule has 1 aromatic heterocycles. The molecule has 0 atom stereocenters. The highest BCUT2D eigenvalue weighted by molar-refractivity contribution is 5.30. The summed E-state index contributed by atoms with van der Waals surface area (Å²) in [7, 11) is 0. The van der Waals surface area contributed by atoms with Gasteiger partial charge in [-0.05, 0) is 38.1 Å². The van der Waals surface area contributed by atoms with Crippen molar-refractivity contribution in [3.05, 3.63) is 12.4 Å². The third-order valence-electron chi connectivity index (χ3n) is 3.15. The molecule has 14 heavy (non-hydrogen) atoms. The van der Waals surface area contributed by atoms with Gasteiger partial charge in [-0.15, -0.1) is 0 Å². The first-order valence-electron chi connectivity index (χ1n) is 5.29. The summed E-state index contributed by atoms with van der Waals surface area (Å²) in [4.78, 5) is 0. The van der Waals surface area contributed by atoms with Gasteiger partial charge in [0, 0.05) is 6.20 Å². The molecule has 0 bridgehead atoms. The first-order valence-corrected chi connectivity index (χ1v) is 5.29. The lowest BCUT2D eigenvalue weighted by atomic mass is 9.86. The van der Waals surface area contributed by atoms with Gasteiger partial charge in [0.05, 0.1) is 17.9 Å². The van der Waals surface area contributed by atoms with E-state index in [4.69, 9.17) is 11.5 Å². The van der Waals surface area contributed by atoms with E-state index >= 15 is 0 Å². The molecule has 4 N–H and O–H groups in total. The molecule has 2 rings (SSSR count). The fourth-order valence-electron chi connectivity index (χ4n) is 2.20. The molecule has 0 aromatic carbocycles. The Morgan fingerprint density at radius 1 is 1.36 bits per heavy atom. The zero-order valence-electron chi connectivity index (χ0n) is 8.39. The third kappa shape index (κ3) is 1.90. The van der Waals surface area contributed by atoms with Crippen molar-refractivity contribution in [3.63, 3.8) is 0 Å². The summed E-state index contributed by atoms with van der Waals surface area (Å²) in [6.45, 7) is 0.827. The third-order valence-corrected chi connectivity index (χ3v) is 3.15. The van der Waals surface area contributed by atoms with Gasteiger partial charge in [-0.1, -0.05) is 0 Å². The van der Waals surface area contributed by atoms with E-state index in [1.807, 2.05) is 10.9 Å². The van der Waals surface area contributed by atoms with Gasteiger partial charge in [0.1, 0.15) is 0 Å². The Morgan fingerprint density at radius 3 is 2.57 bits per heavy atom. The van der Waals surface area contributed by atoms with Crippen LogP contribution in [0.2, 0.25) is 0 Å². The van der Waals surface area contributed by atoms with Crippen LogP contribution in [0.25, 0.3) is 0 Å². The highest BCUT2D eigenvalue weighted by atomic mass is 15.3. The normalized spacial score (nSPS) is 27.8. The van der Waals surface area contributed by atoms with Crippen LogP contribution < -0.4 is 11.5 Å². The average Bonchev–Trinajstić information content (AvgIpc) is 2.65. The maximum absolute atomic E-state index is 5.65. The Balaban J connectivity index is 1.95. The highest BCUT2D eigenvalue weighted by Crippen LogP contribution is 2.31. The SMILES string of the molecule is NCC1CCC(n2cc(N)cn2)CC1. The first-order chi connectivity index (χ1) is 6.79. The van der Waals surface area contributed by atoms with Crippen molar-refractivity contribution in [3.8, 4) is 0 Å². The van der Waals surface area contributed by atoms with Crippen molar-refractivity contribution >= 4 is 5.69 Å². The number of nitrogens with two attached hydrogens (primary N) is 2. The second-order valence-corrected chi connectivity index (χ2v) is 4.16. The lowest BCUT2D eigenvalue weighted by Gasteiger charge is -2.27. The molecule has 1 aromatic rings. The molecule has 0 amide bonds. The molecule has 0 spiro atoms. The van der Waals surface area contributed by atoms with E-state index in [1.165, 1.54) is 25.7 Å². The van der Waals surface area contributed by atoms with E-state index in [1.54, 1.807) is 6.20 Å². The predicted octanol–water partition coefficient (Wildman–Crippen LogP) is 1.16. The minimum atomic E-state index is 0.537. The zero-order chi connectivity index (χ0) is 9.97. The second kappa shape index (κ2) is 4.00. The molecular formula is C10H18N4. The van der Waals surface area contributed by atoms with Crippen LogP contribution in [0.15, 0.2) is 12.4 Å². The van der Waals surface area contributed by atoms with Crippen LogP contribution in [-0.4, -0.2) is 16.3 Å². The Kier molecular flexibility index (Phi) is 2.72. The van der Waals surface area contributed by atoms with Crippen LogP contribution in [0.1, 0.15) is 31.7 Å². The van der Waals surface area contributed by atoms with E-state index in [0.717, 1.165) is 18.2 Å². The number of aromatic nitrogens is 2. The molecule has 4 nitrogen and oxygen atoms in total. The minimum Gasteiger partial charge on any atom is -0.396 e. The monoisotopic (exact) mass is 194 g/mol. The molecule has 0 radical (unpaired) electrons. The Morgan fingerprint density at radius 2 is 2.07 bits per heavy atom. The van der Waals surface area contributed by atoms with Crippen LogP contribution in [0.4, 0.5) is 5.69 Å². The molecule has 1 heterocycles. The number of anilines is 1. The van der Waals surface area contributed by atoms with Crippen molar-refractivity contribution in [1.29, 1.82) is 0 Å². The van der Waals surface area contributed by atoms with Crippen molar-refractivity contribution in [2.45, 2.75) is 31.7 Å². The number of hydrogen-bond acceptors (Lipinski definition) is 3. The maximum atomic E-state index is 5.65. The Labute approximate surface area is 84.3 Å². The molecule has 4 heteroatoms. The summed E-state index contributed by atoms with van der Waals surface area (Å²) < 4.78 is 2.00. The van der Waals surface area contributed by atoms with Crippen LogP contribution in [0.5, 0.6) is 0 Å². The molecule has 1 aliphatic carbocycles. The van der Waals surface area contributed by atoms with Crippen LogP contribution in [-0.2, 0) is 0 Å². The van der Waals surface area contributed by atoms with Gasteiger partial charge in [-0.2, -0.15) is 5.10 Å². The smallest absolute Gasteiger partial charge is 0.0719 e. The number of hydrogen-bond donors (Lipinski definition) is 2. The van der Waals surface area contributed by atoms with Gasteiger partial charge in [0.15, 0.2) is 0 Å². The van der Waals surface area contributed by atoms with Crippen molar-refractivity contribution in [2.24, 2.45) is 11.7 Å². The topological polar surface area (TPSA) is 69.9 Å². The number of rotatable bonds is 2. The molecular weight excluding hydrogens is 176 g/mol. The standard InChI is InChI=1S/C10H18N4/c11-5-8-1-3-10(4-2-8)14-7-9(12)6-13-14/h6-8,10H,1-5,11-12H2. The zero-order valence-corrected chi connectivity index (χ0v) is 8.39. The van der Waals surface area contributed by atoms with Crippen LogP contribution in [0, 0.1) is 5.92 Å². The van der Waals surface area contributed by atoms with Gasteiger partial charge in [0.2, 0.25) is 0 Å². The largest absolute Gasteiger partial charge is 0.396 e. The lowest BCUT2D eigenvalue weighted by molar-refractivity contribution is 0.265. The van der Waals surface area contributed by atoms with Gasteiger partial charge in [-0.25, -0.2) is 0 Å². The van der Waals surface area contributed by atoms with E-state index < -0.39 is 0 Å². The Bertz CT molecular complexity index is 286. The summed E-state index contributed by atoms with van der Waals surface area (Å²) in [5, 5.41) is 4.25. The van der Waals surface area contributed by atoms with E-state index in [0.29, 0.717) is 6.04 Å². The summed E-state index contributed by atoms with van der Waals surface area (Å²) >= 11 is 0. The average molecular weight is 194 g/mol. The number of nitrogens with zero attached hydrogens (tertiary/aromatic N) is 2. The van der Waals surface area contributed by atoms with E-state index in [-0.39, 0.29) is 0 Å². The number of nitrogen functional groups attached to an aromatic ring is 1.